The summed E-state index contributed by atoms with van der Waals surface area (Å²) >= 11 is 0. The molecule has 0 bridgehead atoms. The van der Waals surface area contributed by atoms with Gasteiger partial charge in [0.05, 0.1) is 18.8 Å². The molecule has 0 saturated carbocycles. The molecule has 0 fully saturated rings. The highest BCUT2D eigenvalue weighted by Crippen LogP contribution is 2.53. The molecule has 0 N–H and O–H groups in total. The lowest BCUT2D eigenvalue weighted by Crippen LogP contribution is -2.09. The van der Waals surface area contributed by atoms with Gasteiger partial charge in [0, 0.05) is 61.0 Å². The molecule has 44 heavy (non-hydrogen) atoms. The molecule has 206 valence electrons. The van der Waals surface area contributed by atoms with Crippen molar-refractivity contribution in [3.63, 3.8) is 0 Å². The maximum absolute atomic E-state index is 13.4. The van der Waals surface area contributed by atoms with E-state index in [2.05, 4.69) is 0 Å². The van der Waals surface area contributed by atoms with Gasteiger partial charge in [-0.25, -0.2) is 9.59 Å². The van der Waals surface area contributed by atoms with Crippen LogP contribution in [0, 0.1) is 0 Å². The number of esters is 1. The van der Waals surface area contributed by atoms with Gasteiger partial charge >= 0.3 is 11.6 Å². The smallest absolute Gasteiger partial charge is 0.341 e. The highest BCUT2D eigenvalue weighted by Gasteiger charge is 2.31. The number of carbonyl (C=O) groups is 3. The lowest BCUT2D eigenvalue weighted by Gasteiger charge is -2.25. The molecule has 0 unspecified atom stereocenters. The number of ketones is 1. The summed E-state index contributed by atoms with van der Waals surface area (Å²) in [5.41, 5.74) is 1.07. The molecule has 7 aromatic carbocycles. The number of carbonyl (C=O) groups excluding carboxylic acids is 3. The van der Waals surface area contributed by atoms with E-state index >= 15 is 0 Å². The summed E-state index contributed by atoms with van der Waals surface area (Å²) < 4.78 is 16.8. The molecule has 0 amide bonds. The van der Waals surface area contributed by atoms with E-state index in [4.69, 9.17) is 13.6 Å². The normalized spacial score (nSPS) is 13.4. The van der Waals surface area contributed by atoms with Gasteiger partial charge in [-0.15, -0.1) is 0 Å². The van der Waals surface area contributed by atoms with Crippen molar-refractivity contribution in [3.8, 4) is 0 Å². The van der Waals surface area contributed by atoms with Crippen LogP contribution in [0.4, 0.5) is 0 Å². The van der Waals surface area contributed by atoms with Crippen LogP contribution >= 0.6 is 0 Å². The van der Waals surface area contributed by atoms with Crippen LogP contribution in [-0.4, -0.2) is 25.1 Å². The van der Waals surface area contributed by atoms with Gasteiger partial charge in [-0.1, -0.05) is 6.08 Å². The van der Waals surface area contributed by atoms with Gasteiger partial charge in [-0.3, -0.25) is 14.4 Å². The molecule has 0 atom stereocenters. The van der Waals surface area contributed by atoms with Gasteiger partial charge in [0.15, 0.2) is 23.1 Å². The molecule has 2 aromatic heterocycles. The SMILES string of the molecule is COC(=O)c1cc2c(C=O)cc3c4c5occc(=O)c5cc5cc6c7c(cc8c9cc(=O)oc1c9c2c3c8c7c54)C(=O)C=C6. The van der Waals surface area contributed by atoms with Crippen molar-refractivity contribution in [3.05, 3.63) is 97.7 Å². The van der Waals surface area contributed by atoms with Crippen LogP contribution in [0.3, 0.4) is 0 Å². The first-order valence-electron chi connectivity index (χ1n) is 13.8. The highest BCUT2D eigenvalue weighted by atomic mass is 16.5. The monoisotopic (exact) mass is 574 g/mol. The van der Waals surface area contributed by atoms with Gasteiger partial charge in [0.2, 0.25) is 0 Å². The number of ether oxygens (including phenoxy) is 1. The Hall–Kier alpha value is -6.15. The average molecular weight is 575 g/mol. The second-order valence-electron chi connectivity index (χ2n) is 11.3. The average Bonchev–Trinajstić information content (AvgIpc) is 3.03. The Balaban J connectivity index is 1.69. The maximum atomic E-state index is 13.4. The fourth-order valence-corrected chi connectivity index (χ4v) is 7.71. The Labute approximate surface area is 243 Å². The molecule has 1 aliphatic carbocycles. The predicted octanol–water partition coefficient (Wildman–Crippen LogP) is 6.94. The second-order valence-corrected chi connectivity index (χ2v) is 11.3. The number of rotatable bonds is 2. The van der Waals surface area contributed by atoms with Crippen LogP contribution in [0.25, 0.3) is 92.6 Å². The van der Waals surface area contributed by atoms with Crippen molar-refractivity contribution in [1.29, 1.82) is 0 Å². The number of allylic oxidation sites excluding steroid dienone is 1. The Bertz CT molecular complexity index is 3010. The van der Waals surface area contributed by atoms with Gasteiger partial charge in [-0.2, -0.15) is 0 Å². The first-order chi connectivity index (χ1) is 21.4. The standard InChI is InChI=1S/C36H14O8/c1-42-36(41)22-9-16-15(12-37)8-21-30-28(16)31-18(11-25(40)44-35(22)31)17-10-19-23(38)3-2-13-6-14-7-20-24(39)4-5-43-34(20)32(21)27(14)33(26(13)19)29(17)30/h2-12H,1H3. The Morgan fingerprint density at radius 1 is 0.727 bits per heavy atom. The molecule has 0 aliphatic heterocycles. The molecular weight excluding hydrogens is 560 g/mol. The largest absolute Gasteiger partial charge is 0.465 e. The molecule has 0 saturated heterocycles. The minimum Gasteiger partial charge on any atom is -0.465 e. The number of benzene rings is 7. The van der Waals surface area contributed by atoms with Crippen molar-refractivity contribution in [2.75, 3.05) is 7.11 Å². The lowest BCUT2D eigenvalue weighted by molar-refractivity contribution is 0.0601. The first-order valence-corrected chi connectivity index (χ1v) is 13.8. The van der Waals surface area contributed by atoms with Crippen molar-refractivity contribution < 1.29 is 28.0 Å². The Morgan fingerprint density at radius 2 is 1.50 bits per heavy atom. The third-order valence-corrected chi connectivity index (χ3v) is 9.32. The van der Waals surface area contributed by atoms with Crippen LogP contribution in [0.15, 0.2) is 73.2 Å². The van der Waals surface area contributed by atoms with Crippen LogP contribution in [0.5, 0.6) is 0 Å². The van der Waals surface area contributed by atoms with Gasteiger partial charge < -0.3 is 13.6 Å². The number of hydrogen-bond donors (Lipinski definition) is 0. The van der Waals surface area contributed by atoms with Crippen molar-refractivity contribution in [2.24, 2.45) is 0 Å². The summed E-state index contributed by atoms with van der Waals surface area (Å²) in [5, 5.41) is 8.97. The highest BCUT2D eigenvalue weighted by molar-refractivity contribution is 6.51. The summed E-state index contributed by atoms with van der Waals surface area (Å²) in [6.07, 6.45) is 5.36. The fourth-order valence-electron chi connectivity index (χ4n) is 7.71. The van der Waals surface area contributed by atoms with Crippen LogP contribution in [-0.2, 0) is 4.74 Å². The molecule has 9 aromatic rings. The summed E-state index contributed by atoms with van der Waals surface area (Å²) in [6, 6.07) is 11.6. The first kappa shape index (κ1) is 23.4. The Morgan fingerprint density at radius 3 is 2.32 bits per heavy atom. The summed E-state index contributed by atoms with van der Waals surface area (Å²) in [5.74, 6) is -0.917. The summed E-state index contributed by atoms with van der Waals surface area (Å²) in [4.78, 5) is 65.4. The number of aldehydes is 1. The van der Waals surface area contributed by atoms with Crippen molar-refractivity contribution >= 4 is 111 Å². The van der Waals surface area contributed by atoms with E-state index < -0.39 is 11.6 Å². The van der Waals surface area contributed by atoms with E-state index in [1.54, 1.807) is 24.3 Å². The van der Waals surface area contributed by atoms with Gasteiger partial charge in [0.1, 0.15) is 11.1 Å². The maximum Gasteiger partial charge on any atom is 0.341 e. The van der Waals surface area contributed by atoms with E-state index in [9.17, 15) is 24.0 Å². The minimum absolute atomic E-state index is 0.000999. The summed E-state index contributed by atoms with van der Waals surface area (Å²) in [7, 11) is 1.23. The van der Waals surface area contributed by atoms with Crippen molar-refractivity contribution in [2.45, 2.75) is 0 Å². The van der Waals surface area contributed by atoms with E-state index in [-0.39, 0.29) is 22.4 Å². The molecular formula is C36H14O8. The zero-order valence-electron chi connectivity index (χ0n) is 22.6. The van der Waals surface area contributed by atoms with E-state index in [1.807, 2.05) is 6.07 Å². The fraction of sp³-hybridized carbons (Fsp3) is 0.0278. The third-order valence-electron chi connectivity index (χ3n) is 9.32. The van der Waals surface area contributed by atoms with E-state index in [1.165, 1.54) is 37.6 Å². The van der Waals surface area contributed by atoms with E-state index in [0.29, 0.717) is 66.1 Å². The predicted molar refractivity (Wildman–Crippen MR) is 167 cm³/mol. The van der Waals surface area contributed by atoms with Gasteiger partial charge in [-0.05, 0) is 74.3 Å². The molecule has 8 heteroatoms. The van der Waals surface area contributed by atoms with Crippen LogP contribution in [0.2, 0.25) is 0 Å². The summed E-state index contributed by atoms with van der Waals surface area (Å²) in [6.45, 7) is 0. The molecule has 2 heterocycles. The van der Waals surface area contributed by atoms with Gasteiger partial charge in [0.25, 0.3) is 0 Å². The molecule has 8 nitrogen and oxygen atoms in total. The number of methoxy groups -OCH3 is 1. The van der Waals surface area contributed by atoms with Crippen LogP contribution < -0.4 is 11.1 Å². The number of hydrogen-bond acceptors (Lipinski definition) is 8. The molecule has 1 aliphatic rings. The molecule has 0 spiro atoms. The van der Waals surface area contributed by atoms with Crippen molar-refractivity contribution in [1.82, 2.24) is 0 Å². The topological polar surface area (TPSA) is 121 Å². The lowest BCUT2D eigenvalue weighted by atomic mass is 9.77. The zero-order chi connectivity index (χ0) is 29.8. The Kier molecular flexibility index (Phi) is 3.95. The zero-order valence-corrected chi connectivity index (χ0v) is 22.6. The molecule has 10 rings (SSSR count). The number of fused-ring (bicyclic) bond motifs is 4. The second kappa shape index (κ2) is 7.43. The third kappa shape index (κ3) is 2.47. The quantitative estimate of drug-likeness (QED) is 0.0716. The van der Waals surface area contributed by atoms with Crippen LogP contribution in [0.1, 0.15) is 36.6 Å². The molecule has 0 radical (unpaired) electrons. The van der Waals surface area contributed by atoms with E-state index in [0.717, 1.165) is 37.9 Å². The minimum atomic E-state index is -0.731.